The number of carbonyl (C=O) groups is 1. The Morgan fingerprint density at radius 3 is 2.57 bits per heavy atom. The lowest BCUT2D eigenvalue weighted by Crippen LogP contribution is -2.24. The predicted octanol–water partition coefficient (Wildman–Crippen LogP) is 2.46. The zero-order valence-electron chi connectivity index (χ0n) is 14.1. The molecule has 2 aromatic carbocycles. The molecule has 1 aromatic heterocycles. The SMILES string of the molecule is COC(=O)OC1Oc2cc(O)ccc2-c2c1oc1cc(O)c(O)c(O)c1c2=O. The summed E-state index contributed by atoms with van der Waals surface area (Å²) < 4.78 is 20.5. The smallest absolute Gasteiger partial charge is 0.508 e. The minimum Gasteiger partial charge on any atom is -0.508 e. The molecule has 1 aliphatic heterocycles. The molecule has 1 aliphatic rings. The molecular weight excluding hydrogens is 376 g/mol. The summed E-state index contributed by atoms with van der Waals surface area (Å²) in [5.74, 6) is -2.87. The number of benzene rings is 2. The Hall–Kier alpha value is -4.08. The number of fused-ring (bicyclic) bond motifs is 4. The summed E-state index contributed by atoms with van der Waals surface area (Å²) in [5.41, 5.74) is -0.984. The third-order valence-electron chi connectivity index (χ3n) is 4.19. The first-order chi connectivity index (χ1) is 13.3. The second-order valence-electron chi connectivity index (χ2n) is 5.84. The van der Waals surface area contributed by atoms with Crippen molar-refractivity contribution in [1.82, 2.24) is 0 Å². The van der Waals surface area contributed by atoms with E-state index in [4.69, 9.17) is 13.9 Å². The van der Waals surface area contributed by atoms with Crippen LogP contribution in [0.5, 0.6) is 28.7 Å². The molecule has 0 amide bonds. The molecule has 0 saturated carbocycles. The largest absolute Gasteiger partial charge is 0.511 e. The van der Waals surface area contributed by atoms with E-state index in [0.717, 1.165) is 13.2 Å². The number of hydrogen-bond acceptors (Lipinski definition) is 10. The van der Waals surface area contributed by atoms with E-state index in [9.17, 15) is 30.0 Å². The second kappa shape index (κ2) is 5.98. The molecule has 1 atom stereocenters. The van der Waals surface area contributed by atoms with E-state index in [1.54, 1.807) is 0 Å². The van der Waals surface area contributed by atoms with Crippen molar-refractivity contribution < 1.29 is 43.8 Å². The van der Waals surface area contributed by atoms with E-state index in [-0.39, 0.29) is 34.0 Å². The van der Waals surface area contributed by atoms with Crippen LogP contribution < -0.4 is 10.2 Å². The Balaban J connectivity index is 2.08. The quantitative estimate of drug-likeness (QED) is 0.361. The maximum atomic E-state index is 13.1. The second-order valence-corrected chi connectivity index (χ2v) is 5.84. The molecule has 4 N–H and O–H groups in total. The monoisotopic (exact) mass is 388 g/mol. The van der Waals surface area contributed by atoms with E-state index in [1.807, 2.05) is 0 Å². The summed E-state index contributed by atoms with van der Waals surface area (Å²) >= 11 is 0. The molecule has 144 valence electrons. The van der Waals surface area contributed by atoms with Crippen LogP contribution in [0.1, 0.15) is 12.1 Å². The van der Waals surface area contributed by atoms with Crippen molar-refractivity contribution in [3.8, 4) is 39.9 Å². The van der Waals surface area contributed by atoms with Gasteiger partial charge >= 0.3 is 12.4 Å². The zero-order chi connectivity index (χ0) is 20.2. The van der Waals surface area contributed by atoms with Crippen LogP contribution >= 0.6 is 0 Å². The van der Waals surface area contributed by atoms with Crippen LogP contribution in [-0.2, 0) is 9.47 Å². The summed E-state index contributed by atoms with van der Waals surface area (Å²) in [4.78, 5) is 24.7. The van der Waals surface area contributed by atoms with Crippen LogP contribution in [0.2, 0.25) is 0 Å². The van der Waals surface area contributed by atoms with Gasteiger partial charge in [0.25, 0.3) is 0 Å². The lowest BCUT2D eigenvalue weighted by atomic mass is 9.98. The Kier molecular flexibility index (Phi) is 3.70. The molecule has 1 unspecified atom stereocenters. The molecule has 0 bridgehead atoms. The fourth-order valence-electron chi connectivity index (χ4n) is 2.95. The van der Waals surface area contributed by atoms with Gasteiger partial charge in [-0.3, -0.25) is 4.79 Å². The number of carbonyl (C=O) groups excluding carboxylic acids is 1. The molecule has 2 heterocycles. The summed E-state index contributed by atoms with van der Waals surface area (Å²) in [7, 11) is 1.07. The molecule has 0 spiro atoms. The van der Waals surface area contributed by atoms with Crippen molar-refractivity contribution in [3.63, 3.8) is 0 Å². The van der Waals surface area contributed by atoms with Crippen molar-refractivity contribution in [2.24, 2.45) is 0 Å². The molecule has 0 saturated heterocycles. The molecule has 10 nitrogen and oxygen atoms in total. The van der Waals surface area contributed by atoms with Crippen LogP contribution in [0.3, 0.4) is 0 Å². The number of rotatable bonds is 1. The average Bonchev–Trinajstić information content (AvgIpc) is 2.65. The van der Waals surface area contributed by atoms with E-state index < -0.39 is 40.5 Å². The van der Waals surface area contributed by atoms with Gasteiger partial charge in [-0.05, 0) is 12.1 Å². The van der Waals surface area contributed by atoms with Gasteiger partial charge in [0.1, 0.15) is 22.5 Å². The van der Waals surface area contributed by atoms with Gasteiger partial charge in [0, 0.05) is 17.7 Å². The Morgan fingerprint density at radius 1 is 1.11 bits per heavy atom. The Morgan fingerprint density at radius 2 is 1.86 bits per heavy atom. The van der Waals surface area contributed by atoms with Crippen LogP contribution in [0, 0.1) is 0 Å². The van der Waals surface area contributed by atoms with E-state index in [0.29, 0.717) is 0 Å². The van der Waals surface area contributed by atoms with Crippen LogP contribution in [0.25, 0.3) is 22.1 Å². The minimum absolute atomic E-state index is 0.00976. The Bertz CT molecular complexity index is 1190. The number of phenols is 4. The molecule has 10 heteroatoms. The van der Waals surface area contributed by atoms with Gasteiger partial charge in [0.2, 0.25) is 11.2 Å². The fourth-order valence-corrected chi connectivity index (χ4v) is 2.95. The lowest BCUT2D eigenvalue weighted by Gasteiger charge is -2.26. The highest BCUT2D eigenvalue weighted by atomic mass is 16.8. The summed E-state index contributed by atoms with van der Waals surface area (Å²) in [6.07, 6.45) is -2.68. The third-order valence-corrected chi connectivity index (χ3v) is 4.19. The predicted molar refractivity (Wildman–Crippen MR) is 91.4 cm³/mol. The zero-order valence-corrected chi connectivity index (χ0v) is 14.1. The number of aromatic hydroxyl groups is 4. The van der Waals surface area contributed by atoms with Crippen molar-refractivity contribution in [2.75, 3.05) is 7.11 Å². The number of methoxy groups -OCH3 is 1. The van der Waals surface area contributed by atoms with Crippen LogP contribution in [0.15, 0.2) is 33.5 Å². The van der Waals surface area contributed by atoms with E-state index >= 15 is 0 Å². The number of phenolic OH excluding ortho intramolecular Hbond substituents is 4. The van der Waals surface area contributed by atoms with Gasteiger partial charge < -0.3 is 39.1 Å². The van der Waals surface area contributed by atoms with Gasteiger partial charge in [-0.1, -0.05) is 0 Å². The maximum absolute atomic E-state index is 13.1. The highest BCUT2D eigenvalue weighted by Crippen LogP contribution is 2.46. The van der Waals surface area contributed by atoms with Gasteiger partial charge in [-0.2, -0.15) is 0 Å². The van der Waals surface area contributed by atoms with Gasteiger partial charge in [0.05, 0.1) is 12.7 Å². The molecule has 3 aromatic rings. The minimum atomic E-state index is -1.55. The summed E-state index contributed by atoms with van der Waals surface area (Å²) in [6.45, 7) is 0. The van der Waals surface area contributed by atoms with Gasteiger partial charge in [0.15, 0.2) is 17.3 Å². The number of ether oxygens (including phenoxy) is 3. The standard InChI is InChI=1S/C18H12O10/c1-25-18(24)28-17-16-11(7-3-2-6(19)4-9(7)27-17)14(22)12-10(26-16)5-8(20)13(21)15(12)23/h2-5,17,19-21,23H,1H3. The van der Waals surface area contributed by atoms with Crippen molar-refractivity contribution in [2.45, 2.75) is 6.29 Å². The van der Waals surface area contributed by atoms with Crippen LogP contribution in [-0.4, -0.2) is 33.7 Å². The number of hydrogen-bond donors (Lipinski definition) is 4. The fraction of sp³-hybridized carbons (Fsp3) is 0.111. The molecular formula is C18H12O10. The van der Waals surface area contributed by atoms with Gasteiger partial charge in [-0.25, -0.2) is 4.79 Å². The molecule has 0 fully saturated rings. The third kappa shape index (κ3) is 2.42. The Labute approximate surface area is 155 Å². The first kappa shape index (κ1) is 17.3. The summed E-state index contributed by atoms with van der Waals surface area (Å²) in [6, 6.07) is 4.79. The molecule has 4 rings (SSSR count). The maximum Gasteiger partial charge on any atom is 0.511 e. The highest BCUT2D eigenvalue weighted by Gasteiger charge is 2.36. The average molecular weight is 388 g/mol. The van der Waals surface area contributed by atoms with E-state index in [1.165, 1.54) is 18.2 Å². The van der Waals surface area contributed by atoms with Crippen molar-refractivity contribution in [3.05, 3.63) is 40.2 Å². The molecule has 0 radical (unpaired) electrons. The van der Waals surface area contributed by atoms with E-state index in [2.05, 4.69) is 4.74 Å². The lowest BCUT2D eigenvalue weighted by molar-refractivity contribution is -0.0741. The highest BCUT2D eigenvalue weighted by molar-refractivity contribution is 5.92. The van der Waals surface area contributed by atoms with Crippen molar-refractivity contribution >= 4 is 17.1 Å². The van der Waals surface area contributed by atoms with Crippen LogP contribution in [0.4, 0.5) is 4.79 Å². The molecule has 28 heavy (non-hydrogen) atoms. The topological polar surface area (TPSA) is 156 Å². The normalized spacial score (nSPS) is 14.7. The first-order valence-corrected chi connectivity index (χ1v) is 7.81. The summed E-state index contributed by atoms with van der Waals surface area (Å²) in [5, 5.41) is 38.8. The first-order valence-electron chi connectivity index (χ1n) is 7.81. The van der Waals surface area contributed by atoms with Gasteiger partial charge in [-0.15, -0.1) is 0 Å². The molecule has 0 aliphatic carbocycles. The van der Waals surface area contributed by atoms with Crippen molar-refractivity contribution in [1.29, 1.82) is 0 Å².